The number of ether oxygens (including phenoxy) is 1. The Morgan fingerprint density at radius 2 is 2.29 bits per heavy atom. The van der Waals surface area contributed by atoms with Gasteiger partial charge in [-0.2, -0.15) is 0 Å². The molecule has 0 saturated heterocycles. The van der Waals surface area contributed by atoms with Gasteiger partial charge in [0.1, 0.15) is 0 Å². The number of rotatable bonds is 4. The molecule has 1 aliphatic rings. The average Bonchev–Trinajstić information content (AvgIpc) is 2.16. The monoisotopic (exact) mass is 217 g/mol. The quantitative estimate of drug-likeness (QED) is 0.782. The minimum Gasteiger partial charge on any atom is -0.381 e. The number of hydrogen-bond donors (Lipinski definition) is 1. The van der Waals surface area contributed by atoms with Crippen molar-refractivity contribution in [1.29, 1.82) is 0 Å². The van der Waals surface area contributed by atoms with E-state index in [-0.39, 0.29) is 5.41 Å². The van der Waals surface area contributed by atoms with Gasteiger partial charge in [0.05, 0.1) is 6.10 Å². The Morgan fingerprint density at radius 3 is 2.71 bits per heavy atom. The Hall–Kier alpha value is -0.0500. The van der Waals surface area contributed by atoms with E-state index in [1.54, 1.807) is 12.6 Å². The molecule has 0 aliphatic heterocycles. The molecule has 2 atom stereocenters. The molecule has 2 nitrogen and oxygen atoms in total. The molecule has 0 aromatic rings. The summed E-state index contributed by atoms with van der Waals surface area (Å²) in [5, 5.41) is 3.49. The Labute approximate surface area is 91.7 Å². The van der Waals surface area contributed by atoms with E-state index in [1.807, 2.05) is 6.92 Å². The fraction of sp³-hybridized carbons (Fsp3) is 0.818. The van der Waals surface area contributed by atoms with Crippen LogP contribution >= 0.6 is 11.6 Å². The fourth-order valence-corrected chi connectivity index (χ4v) is 2.03. The van der Waals surface area contributed by atoms with Crippen molar-refractivity contribution >= 4 is 11.6 Å². The molecular formula is C11H20ClNO. The predicted octanol–water partition coefficient (Wildman–Crippen LogP) is 2.53. The minimum absolute atomic E-state index is 0.237. The van der Waals surface area contributed by atoms with E-state index in [4.69, 9.17) is 16.3 Å². The lowest BCUT2D eigenvalue weighted by Gasteiger charge is -2.51. The van der Waals surface area contributed by atoms with Gasteiger partial charge in [0.15, 0.2) is 0 Å². The van der Waals surface area contributed by atoms with Crippen molar-refractivity contribution in [3.8, 4) is 0 Å². The second-order valence-electron chi connectivity index (χ2n) is 4.67. The van der Waals surface area contributed by atoms with E-state index in [2.05, 4.69) is 19.2 Å². The SMILES string of the molecule is COC1CC(NCC(C)=CCl)C1(C)C. The molecule has 1 rings (SSSR count). The number of nitrogens with one attached hydrogen (secondary N) is 1. The number of halogens is 1. The first-order valence-corrected chi connectivity index (χ1v) is 5.48. The molecule has 82 valence electrons. The minimum atomic E-state index is 0.237. The summed E-state index contributed by atoms with van der Waals surface area (Å²) in [5.74, 6) is 0. The van der Waals surface area contributed by atoms with Gasteiger partial charge in [-0.3, -0.25) is 0 Å². The summed E-state index contributed by atoms with van der Waals surface area (Å²) in [5.41, 5.74) is 3.04. The van der Waals surface area contributed by atoms with Crippen molar-refractivity contribution in [1.82, 2.24) is 5.32 Å². The van der Waals surface area contributed by atoms with Crippen LogP contribution in [-0.2, 0) is 4.74 Å². The standard InChI is InChI=1S/C11H20ClNO/c1-8(6-12)7-13-9-5-10(14-4)11(9,2)3/h6,9-10,13H,5,7H2,1-4H3. The molecule has 1 aliphatic carbocycles. The van der Waals surface area contributed by atoms with Crippen molar-refractivity contribution < 1.29 is 4.74 Å². The third-order valence-electron chi connectivity index (χ3n) is 3.28. The van der Waals surface area contributed by atoms with Crippen molar-refractivity contribution in [3.63, 3.8) is 0 Å². The van der Waals surface area contributed by atoms with Gasteiger partial charge in [0.2, 0.25) is 0 Å². The summed E-state index contributed by atoms with van der Waals surface area (Å²) in [6.07, 6.45) is 1.49. The van der Waals surface area contributed by atoms with E-state index < -0.39 is 0 Å². The van der Waals surface area contributed by atoms with Crippen LogP contribution in [0.4, 0.5) is 0 Å². The van der Waals surface area contributed by atoms with Gasteiger partial charge >= 0.3 is 0 Å². The van der Waals surface area contributed by atoms with Gasteiger partial charge in [-0.05, 0) is 18.9 Å². The maximum absolute atomic E-state index is 5.60. The van der Waals surface area contributed by atoms with Crippen LogP contribution in [0, 0.1) is 5.41 Å². The third kappa shape index (κ3) is 2.30. The molecule has 0 radical (unpaired) electrons. The second kappa shape index (κ2) is 4.65. The van der Waals surface area contributed by atoms with Gasteiger partial charge in [-0.15, -0.1) is 0 Å². The molecule has 0 aromatic heterocycles. The second-order valence-corrected chi connectivity index (χ2v) is 4.89. The molecular weight excluding hydrogens is 198 g/mol. The molecule has 0 aromatic carbocycles. The van der Waals surface area contributed by atoms with Crippen molar-refractivity contribution in [2.24, 2.45) is 5.41 Å². The molecule has 1 saturated carbocycles. The maximum Gasteiger partial charge on any atom is 0.0652 e. The molecule has 1 fully saturated rings. The third-order valence-corrected chi connectivity index (χ3v) is 3.65. The summed E-state index contributed by atoms with van der Waals surface area (Å²) < 4.78 is 5.38. The Kier molecular flexibility index (Phi) is 3.99. The van der Waals surface area contributed by atoms with Crippen LogP contribution in [0.25, 0.3) is 0 Å². The highest BCUT2D eigenvalue weighted by molar-refractivity contribution is 6.25. The molecule has 2 unspecified atom stereocenters. The van der Waals surface area contributed by atoms with E-state index in [0.29, 0.717) is 12.1 Å². The maximum atomic E-state index is 5.60. The van der Waals surface area contributed by atoms with Crippen molar-refractivity contribution in [3.05, 3.63) is 11.1 Å². The van der Waals surface area contributed by atoms with Gasteiger partial charge < -0.3 is 10.1 Å². The van der Waals surface area contributed by atoms with E-state index >= 15 is 0 Å². The van der Waals surface area contributed by atoms with Crippen LogP contribution in [0.5, 0.6) is 0 Å². The Balaban J connectivity index is 2.36. The van der Waals surface area contributed by atoms with Gasteiger partial charge in [-0.1, -0.05) is 25.4 Å². The zero-order valence-electron chi connectivity index (χ0n) is 9.43. The van der Waals surface area contributed by atoms with Gasteiger partial charge in [-0.25, -0.2) is 0 Å². The largest absolute Gasteiger partial charge is 0.381 e. The van der Waals surface area contributed by atoms with Crippen LogP contribution in [0.3, 0.4) is 0 Å². The normalized spacial score (nSPS) is 31.4. The topological polar surface area (TPSA) is 21.3 Å². The van der Waals surface area contributed by atoms with Crippen LogP contribution in [0.15, 0.2) is 11.1 Å². The molecule has 14 heavy (non-hydrogen) atoms. The zero-order chi connectivity index (χ0) is 10.8. The molecule has 0 bridgehead atoms. The summed E-state index contributed by atoms with van der Waals surface area (Å²) in [7, 11) is 1.78. The highest BCUT2D eigenvalue weighted by Gasteiger charge is 2.47. The molecule has 0 amide bonds. The number of methoxy groups -OCH3 is 1. The summed E-state index contributed by atoms with van der Waals surface area (Å²) >= 11 is 5.60. The smallest absolute Gasteiger partial charge is 0.0652 e. The number of hydrogen-bond acceptors (Lipinski definition) is 2. The highest BCUT2D eigenvalue weighted by Crippen LogP contribution is 2.42. The summed E-state index contributed by atoms with van der Waals surface area (Å²) in [6, 6.07) is 0.541. The van der Waals surface area contributed by atoms with E-state index in [0.717, 1.165) is 13.0 Å². The molecule has 1 N–H and O–H groups in total. The Morgan fingerprint density at radius 1 is 1.64 bits per heavy atom. The zero-order valence-corrected chi connectivity index (χ0v) is 10.2. The molecule has 0 spiro atoms. The lowest BCUT2D eigenvalue weighted by molar-refractivity contribution is -0.0965. The fourth-order valence-electron chi connectivity index (χ4n) is 1.95. The van der Waals surface area contributed by atoms with Crippen LogP contribution in [-0.4, -0.2) is 25.8 Å². The van der Waals surface area contributed by atoms with E-state index in [9.17, 15) is 0 Å². The lowest BCUT2D eigenvalue weighted by atomic mass is 9.64. The first kappa shape index (κ1) is 12.0. The Bertz CT molecular complexity index is 225. The van der Waals surface area contributed by atoms with Gasteiger partial charge in [0.25, 0.3) is 0 Å². The van der Waals surface area contributed by atoms with Crippen molar-refractivity contribution in [2.75, 3.05) is 13.7 Å². The van der Waals surface area contributed by atoms with Crippen LogP contribution in [0.1, 0.15) is 27.2 Å². The summed E-state index contributed by atoms with van der Waals surface area (Å²) in [6.45, 7) is 7.37. The van der Waals surface area contributed by atoms with Gasteiger partial charge in [0, 0.05) is 30.6 Å². The summed E-state index contributed by atoms with van der Waals surface area (Å²) in [4.78, 5) is 0. The highest BCUT2D eigenvalue weighted by atomic mass is 35.5. The predicted molar refractivity (Wildman–Crippen MR) is 60.6 cm³/mol. The molecule has 0 heterocycles. The first-order chi connectivity index (χ1) is 6.52. The van der Waals surface area contributed by atoms with Crippen LogP contribution < -0.4 is 5.32 Å². The average molecular weight is 218 g/mol. The lowest BCUT2D eigenvalue weighted by Crippen LogP contribution is -2.60. The van der Waals surface area contributed by atoms with Crippen molar-refractivity contribution in [2.45, 2.75) is 39.3 Å². The first-order valence-electron chi connectivity index (χ1n) is 5.04. The van der Waals surface area contributed by atoms with E-state index in [1.165, 1.54) is 5.57 Å². The molecule has 3 heteroatoms. The van der Waals surface area contributed by atoms with Crippen LogP contribution in [0.2, 0.25) is 0 Å².